The van der Waals surface area contributed by atoms with E-state index in [-0.39, 0.29) is 0 Å². The molecule has 1 aromatic carbocycles. The third-order valence-electron chi connectivity index (χ3n) is 1.85. The van der Waals surface area contributed by atoms with Crippen LogP contribution in [0.2, 0.25) is 5.02 Å². The number of benzene rings is 1. The van der Waals surface area contributed by atoms with Crippen molar-refractivity contribution in [2.45, 2.75) is 6.54 Å². The van der Waals surface area contributed by atoms with Gasteiger partial charge in [-0.3, -0.25) is 0 Å². The molecule has 0 unspecified atom stereocenters. The van der Waals surface area contributed by atoms with Gasteiger partial charge in [0.2, 0.25) is 5.89 Å². The normalized spacial score (nSPS) is 10.4. The summed E-state index contributed by atoms with van der Waals surface area (Å²) in [6.45, 7) is 0.306. The summed E-state index contributed by atoms with van der Waals surface area (Å²) in [6.07, 6.45) is 1.58. The van der Waals surface area contributed by atoms with Gasteiger partial charge in [0.25, 0.3) is 0 Å². The van der Waals surface area contributed by atoms with Gasteiger partial charge in [-0.1, -0.05) is 23.7 Å². The summed E-state index contributed by atoms with van der Waals surface area (Å²) >= 11 is 5.85. The molecule has 4 heteroatoms. The second-order valence-corrected chi connectivity index (χ2v) is 3.28. The predicted molar refractivity (Wildman–Crippen MR) is 54.8 cm³/mol. The summed E-state index contributed by atoms with van der Waals surface area (Å²) in [4.78, 5) is 4.19. The van der Waals surface area contributed by atoms with Gasteiger partial charge in [0, 0.05) is 10.6 Å². The van der Waals surface area contributed by atoms with Gasteiger partial charge < -0.3 is 10.2 Å². The average Bonchev–Trinajstić information content (AvgIpc) is 2.66. The smallest absolute Gasteiger partial charge is 0.208 e. The van der Waals surface area contributed by atoms with Crippen LogP contribution in [0.1, 0.15) is 5.89 Å². The highest BCUT2D eigenvalue weighted by Crippen LogP contribution is 2.21. The topological polar surface area (TPSA) is 52.0 Å². The Kier molecular flexibility index (Phi) is 2.52. The molecule has 2 N–H and O–H groups in total. The summed E-state index contributed by atoms with van der Waals surface area (Å²) in [6, 6.07) is 7.44. The van der Waals surface area contributed by atoms with Crippen molar-refractivity contribution >= 4 is 11.6 Å². The molecule has 0 aliphatic rings. The van der Waals surface area contributed by atoms with E-state index in [1.54, 1.807) is 6.26 Å². The molecule has 2 aromatic rings. The lowest BCUT2D eigenvalue weighted by Crippen LogP contribution is -1.95. The van der Waals surface area contributed by atoms with Gasteiger partial charge in [-0.15, -0.1) is 0 Å². The fourth-order valence-corrected chi connectivity index (χ4v) is 1.38. The van der Waals surface area contributed by atoms with Crippen LogP contribution >= 0.6 is 11.6 Å². The first-order chi connectivity index (χ1) is 6.79. The number of oxazole rings is 1. The van der Waals surface area contributed by atoms with Crippen molar-refractivity contribution in [1.29, 1.82) is 0 Å². The Morgan fingerprint density at radius 1 is 1.43 bits per heavy atom. The summed E-state index contributed by atoms with van der Waals surface area (Å²) in [5, 5.41) is 0.680. The Balaban J connectivity index is 2.39. The molecule has 3 nitrogen and oxygen atoms in total. The Bertz CT molecular complexity index is 439. The highest BCUT2D eigenvalue weighted by molar-refractivity contribution is 6.30. The van der Waals surface area contributed by atoms with Crippen molar-refractivity contribution < 1.29 is 4.42 Å². The first-order valence-corrected chi connectivity index (χ1v) is 4.58. The van der Waals surface area contributed by atoms with E-state index in [1.165, 1.54) is 0 Å². The molecular formula is C10H9ClN2O. The van der Waals surface area contributed by atoms with Crippen LogP contribution in [0.15, 0.2) is 34.9 Å². The van der Waals surface area contributed by atoms with Crippen molar-refractivity contribution in [1.82, 2.24) is 4.98 Å². The number of rotatable bonds is 2. The highest BCUT2D eigenvalue weighted by Gasteiger charge is 2.04. The lowest BCUT2D eigenvalue weighted by atomic mass is 10.2. The highest BCUT2D eigenvalue weighted by atomic mass is 35.5. The Hall–Kier alpha value is -1.32. The van der Waals surface area contributed by atoms with Crippen molar-refractivity contribution in [2.24, 2.45) is 5.73 Å². The maximum Gasteiger partial charge on any atom is 0.208 e. The van der Waals surface area contributed by atoms with E-state index < -0.39 is 0 Å². The largest absolute Gasteiger partial charge is 0.447 e. The van der Waals surface area contributed by atoms with Gasteiger partial charge in [-0.05, 0) is 12.1 Å². The second-order valence-electron chi connectivity index (χ2n) is 2.84. The van der Waals surface area contributed by atoms with E-state index in [2.05, 4.69) is 4.98 Å². The zero-order chi connectivity index (χ0) is 9.97. The van der Waals surface area contributed by atoms with Gasteiger partial charge in [-0.25, -0.2) is 4.98 Å². The average molecular weight is 209 g/mol. The Labute approximate surface area is 86.5 Å². The number of hydrogen-bond donors (Lipinski definition) is 1. The van der Waals surface area contributed by atoms with Crippen molar-refractivity contribution in [3.8, 4) is 11.3 Å². The van der Waals surface area contributed by atoms with E-state index in [1.807, 2.05) is 24.3 Å². The van der Waals surface area contributed by atoms with E-state index in [0.29, 0.717) is 17.5 Å². The monoisotopic (exact) mass is 208 g/mol. The number of halogens is 1. The van der Waals surface area contributed by atoms with Crippen LogP contribution in [0.25, 0.3) is 11.3 Å². The fraction of sp³-hybridized carbons (Fsp3) is 0.100. The molecule has 0 atom stereocenters. The van der Waals surface area contributed by atoms with Gasteiger partial charge in [-0.2, -0.15) is 0 Å². The molecule has 0 spiro atoms. The van der Waals surface area contributed by atoms with E-state index in [0.717, 1.165) is 11.3 Å². The molecule has 0 saturated heterocycles. The first kappa shape index (κ1) is 9.24. The van der Waals surface area contributed by atoms with Crippen LogP contribution in [0.5, 0.6) is 0 Å². The maximum atomic E-state index is 5.85. The molecule has 0 amide bonds. The fourth-order valence-electron chi connectivity index (χ4n) is 1.19. The minimum absolute atomic E-state index is 0.306. The minimum Gasteiger partial charge on any atom is -0.447 e. The SMILES string of the molecule is NCc1nc(-c2cccc(Cl)c2)co1. The number of nitrogens with zero attached hydrogens (tertiary/aromatic N) is 1. The predicted octanol–water partition coefficient (Wildman–Crippen LogP) is 2.45. The molecule has 1 heterocycles. The van der Waals surface area contributed by atoms with Crippen LogP contribution in [0, 0.1) is 0 Å². The zero-order valence-electron chi connectivity index (χ0n) is 7.40. The molecule has 0 radical (unpaired) electrons. The van der Waals surface area contributed by atoms with E-state index in [4.69, 9.17) is 21.8 Å². The van der Waals surface area contributed by atoms with Crippen LogP contribution in [-0.2, 0) is 6.54 Å². The lowest BCUT2D eigenvalue weighted by Gasteiger charge is -1.94. The van der Waals surface area contributed by atoms with Crippen molar-refractivity contribution in [3.63, 3.8) is 0 Å². The van der Waals surface area contributed by atoms with Gasteiger partial charge >= 0.3 is 0 Å². The molecular weight excluding hydrogens is 200 g/mol. The van der Waals surface area contributed by atoms with E-state index in [9.17, 15) is 0 Å². The third kappa shape index (κ3) is 1.78. The Morgan fingerprint density at radius 2 is 2.29 bits per heavy atom. The molecule has 0 bridgehead atoms. The number of aromatic nitrogens is 1. The number of hydrogen-bond acceptors (Lipinski definition) is 3. The summed E-state index contributed by atoms with van der Waals surface area (Å²) in [5.41, 5.74) is 7.08. The van der Waals surface area contributed by atoms with Gasteiger partial charge in [0.15, 0.2) is 0 Å². The molecule has 0 aliphatic carbocycles. The molecule has 2 rings (SSSR count). The number of nitrogens with two attached hydrogens (primary N) is 1. The summed E-state index contributed by atoms with van der Waals surface area (Å²) < 4.78 is 5.13. The molecule has 0 saturated carbocycles. The van der Waals surface area contributed by atoms with Crippen molar-refractivity contribution in [2.75, 3.05) is 0 Å². The molecule has 72 valence electrons. The summed E-state index contributed by atoms with van der Waals surface area (Å²) in [7, 11) is 0. The minimum atomic E-state index is 0.306. The third-order valence-corrected chi connectivity index (χ3v) is 2.08. The van der Waals surface area contributed by atoms with Crippen LogP contribution in [0.3, 0.4) is 0 Å². The van der Waals surface area contributed by atoms with Gasteiger partial charge in [0.05, 0.1) is 6.54 Å². The quantitative estimate of drug-likeness (QED) is 0.825. The van der Waals surface area contributed by atoms with E-state index >= 15 is 0 Å². The molecule has 0 fully saturated rings. The standard InChI is InChI=1S/C10H9ClN2O/c11-8-3-1-2-7(4-8)9-6-14-10(5-12)13-9/h1-4,6H,5,12H2. The Morgan fingerprint density at radius 3 is 2.93 bits per heavy atom. The van der Waals surface area contributed by atoms with Crippen LogP contribution < -0.4 is 5.73 Å². The molecule has 0 aliphatic heterocycles. The van der Waals surface area contributed by atoms with Crippen molar-refractivity contribution in [3.05, 3.63) is 41.4 Å². The van der Waals surface area contributed by atoms with Gasteiger partial charge in [0.1, 0.15) is 12.0 Å². The van der Waals surface area contributed by atoms with Crippen LogP contribution in [0.4, 0.5) is 0 Å². The maximum absolute atomic E-state index is 5.85. The molecule has 14 heavy (non-hydrogen) atoms. The zero-order valence-corrected chi connectivity index (χ0v) is 8.16. The second kappa shape index (κ2) is 3.82. The lowest BCUT2D eigenvalue weighted by molar-refractivity contribution is 0.498. The van der Waals surface area contributed by atoms with Crippen LogP contribution in [-0.4, -0.2) is 4.98 Å². The summed E-state index contributed by atoms with van der Waals surface area (Å²) in [5.74, 6) is 0.528. The molecule has 1 aromatic heterocycles. The first-order valence-electron chi connectivity index (χ1n) is 4.20.